The molecule has 2 bridgehead atoms. The molecule has 0 aromatic heterocycles. The van der Waals surface area contributed by atoms with Crippen molar-refractivity contribution in [2.24, 2.45) is 23.7 Å². The van der Waals surface area contributed by atoms with Crippen LogP contribution in [-0.2, 0) is 0 Å². The van der Waals surface area contributed by atoms with Crippen molar-refractivity contribution in [3.63, 3.8) is 0 Å². The normalized spacial score (nSPS) is 44.3. The van der Waals surface area contributed by atoms with Gasteiger partial charge in [0.15, 0.2) is 0 Å². The van der Waals surface area contributed by atoms with Gasteiger partial charge in [-0.1, -0.05) is 6.92 Å². The van der Waals surface area contributed by atoms with Crippen LogP contribution in [0.2, 0.25) is 0 Å². The van der Waals surface area contributed by atoms with E-state index in [1.165, 1.54) is 19.3 Å². The molecule has 0 aromatic carbocycles. The highest BCUT2D eigenvalue weighted by atomic mass is 16.3. The molecule has 0 aliphatic heterocycles. The number of hydrogen-bond acceptors (Lipinski definition) is 1. The summed E-state index contributed by atoms with van der Waals surface area (Å²) in [5, 5.41) is 9.79. The Bertz CT molecular complexity index is 192. The summed E-state index contributed by atoms with van der Waals surface area (Å²) in [6.45, 7) is 6.29. The molecule has 2 saturated carbocycles. The number of aliphatic hydroxyl groups is 1. The molecule has 13 heavy (non-hydrogen) atoms. The van der Waals surface area contributed by atoms with E-state index in [9.17, 15) is 5.11 Å². The molecule has 2 aliphatic rings. The second-order valence-electron chi connectivity index (χ2n) is 5.99. The maximum atomic E-state index is 9.79. The average Bonchev–Trinajstić information content (AvgIpc) is 2.40. The van der Waals surface area contributed by atoms with E-state index in [2.05, 4.69) is 6.92 Å². The third-order valence-electron chi connectivity index (χ3n) is 4.04. The molecule has 76 valence electrons. The Labute approximate surface area is 81.5 Å². The molecule has 0 aromatic rings. The molecule has 0 spiro atoms. The van der Waals surface area contributed by atoms with Crippen molar-refractivity contribution in [2.45, 2.75) is 52.1 Å². The van der Waals surface area contributed by atoms with Gasteiger partial charge in [-0.2, -0.15) is 0 Å². The third kappa shape index (κ3) is 1.90. The molecule has 4 unspecified atom stereocenters. The lowest BCUT2D eigenvalue weighted by Crippen LogP contribution is -2.28. The second kappa shape index (κ2) is 2.98. The lowest BCUT2D eigenvalue weighted by Gasteiger charge is -2.31. The molecule has 2 aliphatic carbocycles. The lowest BCUT2D eigenvalue weighted by molar-refractivity contribution is 0.0365. The summed E-state index contributed by atoms with van der Waals surface area (Å²) >= 11 is 0. The average molecular weight is 182 g/mol. The van der Waals surface area contributed by atoms with E-state index in [-0.39, 0.29) is 0 Å². The van der Waals surface area contributed by atoms with E-state index in [1.807, 2.05) is 13.8 Å². The van der Waals surface area contributed by atoms with Gasteiger partial charge in [0.25, 0.3) is 0 Å². The Morgan fingerprint density at radius 1 is 1.23 bits per heavy atom. The maximum absolute atomic E-state index is 9.79. The zero-order valence-electron chi connectivity index (χ0n) is 9.09. The van der Waals surface area contributed by atoms with E-state index < -0.39 is 5.60 Å². The fourth-order valence-corrected chi connectivity index (χ4v) is 3.74. The van der Waals surface area contributed by atoms with Gasteiger partial charge >= 0.3 is 0 Å². The zero-order valence-corrected chi connectivity index (χ0v) is 9.09. The van der Waals surface area contributed by atoms with Crippen molar-refractivity contribution in [3.05, 3.63) is 0 Å². The molecule has 2 fully saturated rings. The smallest absolute Gasteiger partial charge is 0.0594 e. The minimum Gasteiger partial charge on any atom is -0.390 e. The van der Waals surface area contributed by atoms with Crippen LogP contribution in [-0.4, -0.2) is 10.7 Å². The topological polar surface area (TPSA) is 20.2 Å². The summed E-state index contributed by atoms with van der Waals surface area (Å²) in [4.78, 5) is 0. The highest BCUT2D eigenvalue weighted by molar-refractivity contribution is 4.95. The number of rotatable bonds is 2. The summed E-state index contributed by atoms with van der Waals surface area (Å²) in [6.07, 6.45) is 5.30. The van der Waals surface area contributed by atoms with Crippen LogP contribution in [0.15, 0.2) is 0 Å². The predicted molar refractivity (Wildman–Crippen MR) is 54.4 cm³/mol. The first kappa shape index (κ1) is 9.51. The summed E-state index contributed by atoms with van der Waals surface area (Å²) in [5.41, 5.74) is -0.450. The van der Waals surface area contributed by atoms with Crippen molar-refractivity contribution < 1.29 is 5.11 Å². The Morgan fingerprint density at radius 2 is 1.92 bits per heavy atom. The first-order valence-corrected chi connectivity index (χ1v) is 5.68. The van der Waals surface area contributed by atoms with Crippen LogP contribution >= 0.6 is 0 Å². The molecule has 0 radical (unpaired) electrons. The minimum atomic E-state index is -0.450. The van der Waals surface area contributed by atoms with Crippen molar-refractivity contribution in [2.75, 3.05) is 0 Å². The van der Waals surface area contributed by atoms with Gasteiger partial charge in [-0.25, -0.2) is 0 Å². The molecule has 0 saturated heterocycles. The summed E-state index contributed by atoms with van der Waals surface area (Å²) in [6, 6.07) is 0. The second-order valence-corrected chi connectivity index (χ2v) is 5.99. The highest BCUT2D eigenvalue weighted by Crippen LogP contribution is 2.53. The first-order valence-electron chi connectivity index (χ1n) is 5.68. The molecule has 1 nitrogen and oxygen atoms in total. The van der Waals surface area contributed by atoms with Crippen LogP contribution in [0.1, 0.15) is 46.5 Å². The molecule has 0 amide bonds. The summed E-state index contributed by atoms with van der Waals surface area (Å²) < 4.78 is 0. The molecule has 1 N–H and O–H groups in total. The number of fused-ring (bicyclic) bond motifs is 2. The number of hydrogen-bond donors (Lipinski definition) is 1. The largest absolute Gasteiger partial charge is 0.390 e. The van der Waals surface area contributed by atoms with Gasteiger partial charge in [0.2, 0.25) is 0 Å². The lowest BCUT2D eigenvalue weighted by atomic mass is 9.77. The maximum Gasteiger partial charge on any atom is 0.0594 e. The summed E-state index contributed by atoms with van der Waals surface area (Å²) in [7, 11) is 0. The van der Waals surface area contributed by atoms with E-state index in [0.717, 1.165) is 30.1 Å². The van der Waals surface area contributed by atoms with Crippen molar-refractivity contribution in [1.82, 2.24) is 0 Å². The highest BCUT2D eigenvalue weighted by Gasteiger charge is 2.45. The Kier molecular flexibility index (Phi) is 2.18. The molecule has 4 atom stereocenters. The van der Waals surface area contributed by atoms with Gasteiger partial charge in [-0.05, 0) is 63.2 Å². The predicted octanol–water partition coefficient (Wildman–Crippen LogP) is 2.83. The molecular weight excluding hydrogens is 160 g/mol. The molecule has 1 heteroatoms. The third-order valence-corrected chi connectivity index (χ3v) is 4.04. The molecule has 0 heterocycles. The van der Waals surface area contributed by atoms with Gasteiger partial charge in [0.05, 0.1) is 5.60 Å². The monoisotopic (exact) mass is 182 g/mol. The van der Waals surface area contributed by atoms with E-state index >= 15 is 0 Å². The van der Waals surface area contributed by atoms with Crippen molar-refractivity contribution in [1.29, 1.82) is 0 Å². The van der Waals surface area contributed by atoms with Crippen LogP contribution in [0, 0.1) is 23.7 Å². The van der Waals surface area contributed by atoms with Crippen molar-refractivity contribution >= 4 is 0 Å². The minimum absolute atomic E-state index is 0.450. The molecule has 2 rings (SSSR count). The van der Waals surface area contributed by atoms with Crippen LogP contribution in [0.5, 0.6) is 0 Å². The molecular formula is C12H22O. The van der Waals surface area contributed by atoms with Crippen molar-refractivity contribution in [3.8, 4) is 0 Å². The van der Waals surface area contributed by atoms with Gasteiger partial charge < -0.3 is 5.11 Å². The fourth-order valence-electron chi connectivity index (χ4n) is 3.74. The fraction of sp³-hybridized carbons (Fsp3) is 1.00. The Balaban J connectivity index is 1.96. The first-order chi connectivity index (χ1) is 5.96. The Morgan fingerprint density at radius 3 is 2.38 bits per heavy atom. The standard InChI is InChI=1S/C12H22O/c1-8-4-9-5-10(11(8)6-9)7-12(2,3)13/h8-11,13H,4-7H2,1-3H3. The van der Waals surface area contributed by atoms with Gasteiger partial charge in [-0.3, -0.25) is 0 Å². The van der Waals surface area contributed by atoms with Crippen LogP contribution < -0.4 is 0 Å². The van der Waals surface area contributed by atoms with Gasteiger partial charge in [0.1, 0.15) is 0 Å². The van der Waals surface area contributed by atoms with Gasteiger partial charge in [-0.15, -0.1) is 0 Å². The van der Waals surface area contributed by atoms with Crippen LogP contribution in [0.4, 0.5) is 0 Å². The van der Waals surface area contributed by atoms with Gasteiger partial charge in [0, 0.05) is 0 Å². The zero-order chi connectivity index (χ0) is 9.64. The van der Waals surface area contributed by atoms with Crippen LogP contribution in [0.25, 0.3) is 0 Å². The van der Waals surface area contributed by atoms with E-state index in [4.69, 9.17) is 0 Å². The quantitative estimate of drug-likeness (QED) is 0.696. The van der Waals surface area contributed by atoms with Crippen LogP contribution in [0.3, 0.4) is 0 Å². The van der Waals surface area contributed by atoms with E-state index in [0.29, 0.717) is 0 Å². The van der Waals surface area contributed by atoms with E-state index in [1.54, 1.807) is 0 Å². The Hall–Kier alpha value is -0.0400. The SMILES string of the molecule is CC1CC2CC(CC(C)(C)O)C1C2. The summed E-state index contributed by atoms with van der Waals surface area (Å²) in [5.74, 6) is 3.66.